The predicted octanol–water partition coefficient (Wildman–Crippen LogP) is 3.28. The number of carboxylic acids is 2. The number of hydrogen-bond donors (Lipinski definition) is 3. The Labute approximate surface area is 154 Å². The minimum Gasteiger partial charge on any atom is -0.478 e. The van der Waals surface area contributed by atoms with Crippen LogP contribution in [0.25, 0.3) is 10.9 Å². The molecule has 3 N–H and O–H groups in total. The number of rotatable bonds is 4. The molecule has 134 valence electrons. The van der Waals surface area contributed by atoms with Crippen LogP contribution >= 0.6 is 15.9 Å². The van der Waals surface area contributed by atoms with Gasteiger partial charge in [-0.05, 0) is 56.6 Å². The van der Waals surface area contributed by atoms with Crippen LogP contribution in [0.5, 0.6) is 0 Å². The molecular formula is C18H21BrN2O4. The maximum absolute atomic E-state index is 9.55. The number of hydrogen-bond acceptors (Lipinski definition) is 3. The molecule has 0 amide bonds. The lowest BCUT2D eigenvalue weighted by Gasteiger charge is -2.18. The average Bonchev–Trinajstić information content (AvgIpc) is 3.13. The lowest BCUT2D eigenvalue weighted by molar-refractivity contribution is -0.134. The largest absolute Gasteiger partial charge is 0.478 e. The van der Waals surface area contributed by atoms with E-state index in [2.05, 4.69) is 57.3 Å². The van der Waals surface area contributed by atoms with Gasteiger partial charge in [0, 0.05) is 39.8 Å². The van der Waals surface area contributed by atoms with Gasteiger partial charge in [-0.1, -0.05) is 15.9 Å². The molecule has 0 saturated carbocycles. The summed E-state index contributed by atoms with van der Waals surface area (Å²) in [6.07, 6.45) is 7.12. The summed E-state index contributed by atoms with van der Waals surface area (Å²) in [6.45, 7) is 1.25. The second kappa shape index (κ2) is 8.82. The van der Waals surface area contributed by atoms with Gasteiger partial charge in [0.1, 0.15) is 0 Å². The van der Waals surface area contributed by atoms with E-state index in [9.17, 15) is 9.59 Å². The molecule has 1 aliphatic rings. The highest BCUT2D eigenvalue weighted by Gasteiger charge is 2.21. The molecule has 0 bridgehead atoms. The number of nitrogens with zero attached hydrogens (tertiary/aromatic N) is 1. The second-order valence-electron chi connectivity index (χ2n) is 5.99. The topological polar surface area (TPSA) is 93.6 Å². The van der Waals surface area contributed by atoms with Gasteiger partial charge in [-0.15, -0.1) is 0 Å². The maximum Gasteiger partial charge on any atom is 0.328 e. The van der Waals surface area contributed by atoms with E-state index in [0.29, 0.717) is 18.2 Å². The van der Waals surface area contributed by atoms with Gasteiger partial charge in [-0.2, -0.15) is 0 Å². The van der Waals surface area contributed by atoms with Gasteiger partial charge in [0.05, 0.1) is 0 Å². The molecule has 25 heavy (non-hydrogen) atoms. The monoisotopic (exact) mass is 408 g/mol. The van der Waals surface area contributed by atoms with Crippen molar-refractivity contribution in [1.29, 1.82) is 0 Å². The Hall–Kier alpha value is -2.12. The quantitative estimate of drug-likeness (QED) is 0.674. The zero-order valence-corrected chi connectivity index (χ0v) is 15.5. The predicted molar refractivity (Wildman–Crippen MR) is 99.8 cm³/mol. The standard InChI is InChI=1S/C14H17BrN2.C4H4O4/c1-17-6-2-3-12(17)7-10-9-16-14-5-4-11(15)8-13(10)14;5-3(6)1-2-4(7)8/h4-5,8-9,12,16H,2-3,6-7H2,1H3;1-2H,(H,5,6)(H,7,8)/b;2-1+/t12-;/m0./s1. The van der Waals surface area contributed by atoms with Crippen molar-refractivity contribution in [2.45, 2.75) is 25.3 Å². The Morgan fingerprint density at radius 1 is 1.32 bits per heavy atom. The molecule has 1 saturated heterocycles. The van der Waals surface area contributed by atoms with Gasteiger partial charge in [-0.3, -0.25) is 0 Å². The molecule has 0 aliphatic carbocycles. The van der Waals surface area contributed by atoms with Crippen molar-refractivity contribution >= 4 is 38.8 Å². The number of aliphatic carboxylic acids is 2. The normalized spacial score (nSPS) is 17.6. The molecule has 0 unspecified atom stereocenters. The van der Waals surface area contributed by atoms with Crippen LogP contribution in [0.2, 0.25) is 0 Å². The van der Waals surface area contributed by atoms with Crippen LogP contribution < -0.4 is 0 Å². The average molecular weight is 409 g/mol. The molecule has 1 aliphatic heterocycles. The lowest BCUT2D eigenvalue weighted by Crippen LogP contribution is -2.26. The Balaban J connectivity index is 0.000000242. The number of carboxylic acid groups (broad SMARTS) is 2. The van der Waals surface area contributed by atoms with Gasteiger partial charge in [0.25, 0.3) is 0 Å². The number of halogens is 1. The van der Waals surface area contributed by atoms with E-state index < -0.39 is 11.9 Å². The first-order valence-corrected chi connectivity index (χ1v) is 8.76. The third-order valence-corrected chi connectivity index (χ3v) is 4.72. The molecule has 0 radical (unpaired) electrons. The summed E-state index contributed by atoms with van der Waals surface area (Å²) in [6, 6.07) is 7.16. The van der Waals surface area contributed by atoms with E-state index in [1.165, 1.54) is 35.9 Å². The number of aromatic amines is 1. The molecule has 0 spiro atoms. The smallest absolute Gasteiger partial charge is 0.328 e. The van der Waals surface area contributed by atoms with Crippen LogP contribution in [0.1, 0.15) is 18.4 Å². The van der Waals surface area contributed by atoms with E-state index in [1.807, 2.05) is 0 Å². The van der Waals surface area contributed by atoms with Crippen LogP contribution in [0.15, 0.2) is 41.0 Å². The summed E-state index contributed by atoms with van der Waals surface area (Å²) in [4.78, 5) is 25.0. The minimum absolute atomic E-state index is 0.558. The highest BCUT2D eigenvalue weighted by atomic mass is 79.9. The first kappa shape index (κ1) is 19.2. The van der Waals surface area contributed by atoms with Crippen molar-refractivity contribution in [2.24, 2.45) is 0 Å². The summed E-state index contributed by atoms with van der Waals surface area (Å²) in [5, 5.41) is 17.0. The van der Waals surface area contributed by atoms with Crippen molar-refractivity contribution in [1.82, 2.24) is 9.88 Å². The number of benzene rings is 1. The molecule has 1 atom stereocenters. The van der Waals surface area contributed by atoms with Gasteiger partial charge in [0.15, 0.2) is 0 Å². The van der Waals surface area contributed by atoms with Crippen molar-refractivity contribution in [3.63, 3.8) is 0 Å². The van der Waals surface area contributed by atoms with E-state index in [0.717, 1.165) is 10.9 Å². The molecule has 3 rings (SSSR count). The number of H-pyrrole nitrogens is 1. The number of fused-ring (bicyclic) bond motifs is 1. The summed E-state index contributed by atoms with van der Waals surface area (Å²) < 4.78 is 1.16. The maximum atomic E-state index is 9.55. The van der Waals surface area contributed by atoms with Gasteiger partial charge < -0.3 is 20.1 Å². The van der Waals surface area contributed by atoms with E-state index in [4.69, 9.17) is 10.2 Å². The van der Waals surface area contributed by atoms with Crippen molar-refractivity contribution < 1.29 is 19.8 Å². The number of aromatic nitrogens is 1. The Kier molecular flexibility index (Phi) is 6.78. The van der Waals surface area contributed by atoms with Crippen LogP contribution in [0, 0.1) is 0 Å². The number of likely N-dealkylation sites (tertiary alicyclic amines) is 1. The first-order chi connectivity index (χ1) is 11.9. The lowest BCUT2D eigenvalue weighted by atomic mass is 10.0. The third kappa shape index (κ3) is 5.72. The first-order valence-electron chi connectivity index (χ1n) is 7.96. The van der Waals surface area contributed by atoms with Crippen LogP contribution in [0.3, 0.4) is 0 Å². The Morgan fingerprint density at radius 2 is 2.00 bits per heavy atom. The summed E-state index contributed by atoms with van der Waals surface area (Å²) in [5.74, 6) is -2.51. The van der Waals surface area contributed by atoms with Crippen molar-refractivity contribution in [2.75, 3.05) is 13.6 Å². The Morgan fingerprint density at radius 3 is 2.56 bits per heavy atom. The Bertz CT molecular complexity index is 768. The van der Waals surface area contributed by atoms with Crippen molar-refractivity contribution in [3.8, 4) is 0 Å². The molecule has 1 aromatic carbocycles. The summed E-state index contributed by atoms with van der Waals surface area (Å²) in [5.41, 5.74) is 2.68. The SMILES string of the molecule is CN1CCC[C@H]1Cc1c[nH]c2ccc(Br)cc12.O=C(O)/C=C/C(=O)O. The fourth-order valence-electron chi connectivity index (χ4n) is 2.95. The molecule has 1 fully saturated rings. The molecular weight excluding hydrogens is 388 g/mol. The number of likely N-dealkylation sites (N-methyl/N-ethyl adjacent to an activating group) is 1. The van der Waals surface area contributed by atoms with Gasteiger partial charge in [0.2, 0.25) is 0 Å². The number of nitrogens with one attached hydrogen (secondary N) is 1. The van der Waals surface area contributed by atoms with E-state index in [1.54, 1.807) is 0 Å². The molecule has 2 aromatic rings. The second-order valence-corrected chi connectivity index (χ2v) is 6.91. The zero-order valence-electron chi connectivity index (χ0n) is 13.9. The van der Waals surface area contributed by atoms with E-state index >= 15 is 0 Å². The summed E-state index contributed by atoms with van der Waals surface area (Å²) in [7, 11) is 2.24. The number of carbonyl (C=O) groups is 2. The van der Waals surface area contributed by atoms with Gasteiger partial charge in [-0.25, -0.2) is 9.59 Å². The molecule has 7 heteroatoms. The van der Waals surface area contributed by atoms with Crippen LogP contribution in [-0.2, 0) is 16.0 Å². The molecule has 2 heterocycles. The zero-order chi connectivity index (χ0) is 18.4. The molecule has 1 aromatic heterocycles. The van der Waals surface area contributed by atoms with Crippen LogP contribution in [0.4, 0.5) is 0 Å². The fraction of sp³-hybridized carbons (Fsp3) is 0.333. The summed E-state index contributed by atoms with van der Waals surface area (Å²) >= 11 is 3.55. The van der Waals surface area contributed by atoms with E-state index in [-0.39, 0.29) is 0 Å². The van der Waals surface area contributed by atoms with Gasteiger partial charge >= 0.3 is 11.9 Å². The highest BCUT2D eigenvalue weighted by molar-refractivity contribution is 9.10. The minimum atomic E-state index is -1.26. The van der Waals surface area contributed by atoms with Crippen molar-refractivity contribution in [3.05, 3.63) is 46.6 Å². The third-order valence-electron chi connectivity index (χ3n) is 4.23. The van der Waals surface area contributed by atoms with Crippen LogP contribution in [-0.4, -0.2) is 51.7 Å². The highest BCUT2D eigenvalue weighted by Crippen LogP contribution is 2.26. The molecule has 6 nitrogen and oxygen atoms in total. The fourth-order valence-corrected chi connectivity index (χ4v) is 3.31.